The van der Waals surface area contributed by atoms with Gasteiger partial charge in [-0.1, -0.05) is 32.1 Å². The monoisotopic (exact) mass is 607 g/mol. The second kappa shape index (κ2) is 11.3. The van der Waals surface area contributed by atoms with E-state index in [1.54, 1.807) is 18.2 Å². The third kappa shape index (κ3) is 6.53. The highest BCUT2D eigenvalue weighted by Gasteiger charge is 2.35. The number of carbonyl (C=O) groups is 1. The molecule has 5 rings (SSSR count). The molecule has 1 aliphatic heterocycles. The van der Waals surface area contributed by atoms with Gasteiger partial charge in [-0.15, -0.1) is 0 Å². The fraction of sp³-hybridized carbons (Fsp3) is 0.484. The van der Waals surface area contributed by atoms with Crippen molar-refractivity contribution < 1.29 is 17.9 Å². The lowest BCUT2D eigenvalue weighted by molar-refractivity contribution is 0.102. The first kappa shape index (κ1) is 30.5. The summed E-state index contributed by atoms with van der Waals surface area (Å²) in [5, 5.41) is 18.6. The van der Waals surface area contributed by atoms with Gasteiger partial charge in [-0.3, -0.25) is 14.2 Å². The Morgan fingerprint density at radius 1 is 1.12 bits per heavy atom. The van der Waals surface area contributed by atoms with Crippen LogP contribution in [0, 0.1) is 6.92 Å². The molecule has 1 saturated carbocycles. The van der Waals surface area contributed by atoms with Crippen LogP contribution in [-0.4, -0.2) is 44.0 Å². The average molecular weight is 608 g/mol. The van der Waals surface area contributed by atoms with Gasteiger partial charge < -0.3 is 10.1 Å². The minimum Gasteiger partial charge on any atom is -0.492 e. The number of nitrogens with one attached hydrogen (secondary N) is 2. The average Bonchev–Trinajstić information content (AvgIpc) is 3.45. The maximum absolute atomic E-state index is 13.6. The Bertz CT molecular complexity index is 1680. The van der Waals surface area contributed by atoms with Gasteiger partial charge in [-0.05, 0) is 74.4 Å². The summed E-state index contributed by atoms with van der Waals surface area (Å²) >= 11 is 0. The molecule has 2 aromatic carbocycles. The van der Waals surface area contributed by atoms with E-state index in [0.29, 0.717) is 23.7 Å². The number of nitrogens with zero attached hydrogens (tertiary/aromatic N) is 5. The van der Waals surface area contributed by atoms with Crippen LogP contribution in [-0.2, 0) is 15.4 Å². The lowest BCUT2D eigenvalue weighted by atomic mass is 9.86. The Morgan fingerprint density at radius 3 is 2.42 bits per heavy atom. The van der Waals surface area contributed by atoms with Gasteiger partial charge in [0.15, 0.2) is 5.75 Å². The van der Waals surface area contributed by atoms with Gasteiger partial charge in [-0.2, -0.15) is 10.2 Å². The zero-order chi connectivity index (χ0) is 31.3. The highest BCUT2D eigenvalue weighted by atomic mass is 32.2. The first-order chi connectivity index (χ1) is 20.2. The minimum atomic E-state index is -3.59. The number of hydrogen-bond donors (Lipinski definition) is 2. The van der Waals surface area contributed by atoms with Crippen LogP contribution in [0.25, 0.3) is 0 Å². The van der Waals surface area contributed by atoms with Gasteiger partial charge in [0.25, 0.3) is 5.91 Å². The van der Waals surface area contributed by atoms with Crippen molar-refractivity contribution >= 4 is 33.0 Å². The number of hydrogen-bond acceptors (Lipinski definition) is 8. The zero-order valence-electron chi connectivity index (χ0n) is 26.1. The van der Waals surface area contributed by atoms with Crippen LogP contribution in [0.1, 0.15) is 98.2 Å². The largest absolute Gasteiger partial charge is 0.492 e. The van der Waals surface area contributed by atoms with Crippen molar-refractivity contribution in [2.45, 2.75) is 77.8 Å². The van der Waals surface area contributed by atoms with Crippen molar-refractivity contribution in [2.75, 3.05) is 35.0 Å². The van der Waals surface area contributed by atoms with Gasteiger partial charge >= 0.3 is 0 Å². The molecule has 0 saturated heterocycles. The van der Waals surface area contributed by atoms with E-state index in [-0.39, 0.29) is 34.8 Å². The number of benzene rings is 2. The Labute approximate surface area is 253 Å². The molecule has 1 unspecified atom stereocenters. The standard InChI is InChI=1S/C31H41N7O4S/c1-18(2)38-28(20-11-12-20)23(16-32-38)26-17-37(36-34-26)27-13-21(10-9-19(27)3)30(39)33-24-14-22(31(4,5)6)15-25(29(24)42-7)35-43(8,40)41/h9-10,13-16,18,20,26,35H,11-12,17H2,1-8H3,(H,33,39). The van der Waals surface area contributed by atoms with Crippen LogP contribution >= 0.6 is 0 Å². The smallest absolute Gasteiger partial charge is 0.255 e. The number of anilines is 3. The molecule has 1 amide bonds. The SMILES string of the molecule is COc1c(NC(=O)c2ccc(C)c(N3CC(c4cnn(C(C)C)c4C4CC4)N=N3)c2)cc(C(C)(C)C)cc1NS(C)(=O)=O. The van der Waals surface area contributed by atoms with Crippen LogP contribution in [0.5, 0.6) is 5.75 Å². The van der Waals surface area contributed by atoms with E-state index in [2.05, 4.69) is 44.0 Å². The molecule has 2 aliphatic rings. The van der Waals surface area contributed by atoms with Crippen LogP contribution in [0.4, 0.5) is 17.1 Å². The van der Waals surface area contributed by atoms with E-state index in [1.165, 1.54) is 25.6 Å². The number of carbonyl (C=O) groups excluding carboxylic acids is 1. The maximum atomic E-state index is 13.6. The number of amides is 1. The van der Waals surface area contributed by atoms with Crippen molar-refractivity contribution in [3.63, 3.8) is 0 Å². The van der Waals surface area contributed by atoms with Crippen LogP contribution in [0.2, 0.25) is 0 Å². The van der Waals surface area contributed by atoms with Crippen LogP contribution in [0.15, 0.2) is 46.9 Å². The van der Waals surface area contributed by atoms with Crippen molar-refractivity contribution in [2.24, 2.45) is 10.3 Å². The first-order valence-electron chi connectivity index (χ1n) is 14.5. The van der Waals surface area contributed by atoms with Crippen molar-refractivity contribution in [1.82, 2.24) is 9.78 Å². The number of sulfonamides is 1. The van der Waals surface area contributed by atoms with E-state index in [0.717, 1.165) is 28.6 Å². The molecule has 0 bridgehead atoms. The Kier molecular flexibility index (Phi) is 8.02. The molecule has 1 atom stereocenters. The topological polar surface area (TPSA) is 130 Å². The number of ether oxygens (including phenoxy) is 1. The molecule has 11 nitrogen and oxygen atoms in total. The molecule has 1 aliphatic carbocycles. The van der Waals surface area contributed by atoms with E-state index < -0.39 is 10.0 Å². The summed E-state index contributed by atoms with van der Waals surface area (Å²) in [5.74, 6) is 0.390. The molecule has 0 radical (unpaired) electrons. The second-order valence-corrected chi connectivity index (χ2v) is 14.5. The third-order valence-corrected chi connectivity index (χ3v) is 8.36. The second-order valence-electron chi connectivity index (χ2n) is 12.8. The lowest BCUT2D eigenvalue weighted by Crippen LogP contribution is -2.20. The number of aromatic nitrogens is 2. The fourth-order valence-electron chi connectivity index (χ4n) is 5.37. The molecular formula is C31H41N7O4S. The Balaban J connectivity index is 1.41. The van der Waals surface area contributed by atoms with E-state index in [9.17, 15) is 13.2 Å². The quantitative estimate of drug-likeness (QED) is 0.285. The van der Waals surface area contributed by atoms with Crippen molar-refractivity contribution in [3.05, 3.63) is 64.5 Å². The predicted octanol–water partition coefficient (Wildman–Crippen LogP) is 6.51. The van der Waals surface area contributed by atoms with Crippen molar-refractivity contribution in [1.29, 1.82) is 0 Å². The summed E-state index contributed by atoms with van der Waals surface area (Å²) in [6.07, 6.45) is 5.35. The number of rotatable bonds is 9. The summed E-state index contributed by atoms with van der Waals surface area (Å²) in [4.78, 5) is 13.6. The molecule has 43 heavy (non-hydrogen) atoms. The first-order valence-corrected chi connectivity index (χ1v) is 16.4. The Hall–Kier alpha value is -3.93. The van der Waals surface area contributed by atoms with E-state index >= 15 is 0 Å². The van der Waals surface area contributed by atoms with Gasteiger partial charge in [0, 0.05) is 28.8 Å². The van der Waals surface area contributed by atoms with E-state index in [1.807, 2.05) is 51.0 Å². The van der Waals surface area contributed by atoms with Crippen molar-refractivity contribution in [3.8, 4) is 5.75 Å². The summed E-state index contributed by atoms with van der Waals surface area (Å²) in [7, 11) is -2.16. The molecule has 2 heterocycles. The lowest BCUT2D eigenvalue weighted by Gasteiger charge is -2.24. The summed E-state index contributed by atoms with van der Waals surface area (Å²) < 4.78 is 34.4. The number of aryl methyl sites for hydroxylation is 1. The van der Waals surface area contributed by atoms with Gasteiger partial charge in [0.05, 0.1) is 43.2 Å². The third-order valence-electron chi connectivity index (χ3n) is 7.77. The molecule has 1 fully saturated rings. The molecule has 230 valence electrons. The molecule has 0 spiro atoms. The highest BCUT2D eigenvalue weighted by molar-refractivity contribution is 7.92. The molecule has 3 aromatic rings. The predicted molar refractivity (Wildman–Crippen MR) is 169 cm³/mol. The van der Waals surface area contributed by atoms with Crippen LogP contribution in [0.3, 0.4) is 0 Å². The number of methoxy groups -OCH3 is 1. The minimum absolute atomic E-state index is 0.134. The molecular weight excluding hydrogens is 566 g/mol. The summed E-state index contributed by atoms with van der Waals surface area (Å²) in [6, 6.07) is 9.13. The van der Waals surface area contributed by atoms with Crippen LogP contribution < -0.4 is 19.8 Å². The van der Waals surface area contributed by atoms with Gasteiger partial charge in [0.1, 0.15) is 6.04 Å². The maximum Gasteiger partial charge on any atom is 0.255 e. The summed E-state index contributed by atoms with van der Waals surface area (Å²) in [5.41, 5.74) is 5.69. The zero-order valence-corrected chi connectivity index (χ0v) is 26.9. The van der Waals surface area contributed by atoms with Gasteiger partial charge in [-0.25, -0.2) is 13.4 Å². The Morgan fingerprint density at radius 2 is 1.81 bits per heavy atom. The molecule has 12 heteroatoms. The fourth-order valence-corrected chi connectivity index (χ4v) is 5.93. The molecule has 2 N–H and O–H groups in total. The summed E-state index contributed by atoms with van der Waals surface area (Å²) in [6.45, 7) is 12.8. The van der Waals surface area contributed by atoms with Gasteiger partial charge in [0.2, 0.25) is 10.0 Å². The van der Waals surface area contributed by atoms with E-state index in [4.69, 9.17) is 4.74 Å². The normalized spacial score (nSPS) is 17.0. The highest BCUT2D eigenvalue weighted by Crippen LogP contribution is 2.45. The molecule has 1 aromatic heterocycles.